The Kier molecular flexibility index (Phi) is 9.68. The van der Waals surface area contributed by atoms with Gasteiger partial charge in [0, 0.05) is 25.8 Å². The zero-order chi connectivity index (χ0) is 26.8. The predicted octanol–water partition coefficient (Wildman–Crippen LogP) is 3.98. The number of rotatable bonds is 13. The number of anilines is 3. The van der Waals surface area contributed by atoms with Crippen LogP contribution in [0.1, 0.15) is 24.5 Å². The molecule has 3 aromatic rings. The first-order chi connectivity index (χ1) is 17.8. The van der Waals surface area contributed by atoms with Gasteiger partial charge < -0.3 is 20.7 Å². The second-order valence-corrected chi connectivity index (χ2v) is 10.4. The molecule has 3 N–H and O–H groups in total. The van der Waals surface area contributed by atoms with Crippen molar-refractivity contribution in [3.63, 3.8) is 0 Å². The maximum absolute atomic E-state index is 13.8. The van der Waals surface area contributed by atoms with Gasteiger partial charge >= 0.3 is 0 Å². The number of benzene rings is 3. The molecular weight excluding hydrogens is 488 g/mol. The molecule has 37 heavy (non-hydrogen) atoms. The number of amides is 1. The van der Waals surface area contributed by atoms with Gasteiger partial charge in [-0.05, 0) is 62.2 Å². The minimum atomic E-state index is -4.16. The Morgan fingerprint density at radius 1 is 1.00 bits per heavy atom. The van der Waals surface area contributed by atoms with Gasteiger partial charge in [-0.25, -0.2) is 8.42 Å². The number of hydrogen-bond acceptors (Lipinski definition) is 6. The quantitative estimate of drug-likeness (QED) is 0.293. The van der Waals surface area contributed by atoms with E-state index in [0.717, 1.165) is 27.7 Å². The van der Waals surface area contributed by atoms with E-state index in [-0.39, 0.29) is 17.0 Å². The zero-order valence-electron chi connectivity index (χ0n) is 21.4. The molecule has 0 spiro atoms. The first-order valence-corrected chi connectivity index (χ1v) is 13.7. The van der Waals surface area contributed by atoms with Crippen molar-refractivity contribution < 1.29 is 18.0 Å². The summed E-state index contributed by atoms with van der Waals surface area (Å²) in [6, 6.07) is 19.9. The molecule has 3 rings (SSSR count). The van der Waals surface area contributed by atoms with E-state index < -0.39 is 22.0 Å². The second-order valence-electron chi connectivity index (χ2n) is 8.62. The second kappa shape index (κ2) is 12.9. The van der Waals surface area contributed by atoms with Crippen LogP contribution < -0.4 is 20.3 Å². The average molecular weight is 523 g/mol. The Bertz CT molecular complexity index is 1290. The van der Waals surface area contributed by atoms with E-state index in [4.69, 9.17) is 0 Å². The first-order valence-electron chi connectivity index (χ1n) is 12.2. The maximum atomic E-state index is 13.8. The van der Waals surface area contributed by atoms with Crippen LogP contribution in [0.5, 0.6) is 0 Å². The SMILES string of the molecule is CCNc1ccc(CCNC(=O)CC(C=O)N(c2ccccc2NC)S(=O)(=O)c2ccc(C)cc2)cc1. The van der Waals surface area contributed by atoms with Crippen molar-refractivity contribution in [2.75, 3.05) is 35.1 Å². The van der Waals surface area contributed by atoms with Gasteiger partial charge in [0.1, 0.15) is 12.3 Å². The molecule has 1 unspecified atom stereocenters. The molecule has 0 saturated heterocycles. The van der Waals surface area contributed by atoms with Crippen molar-refractivity contribution in [2.24, 2.45) is 0 Å². The third-order valence-corrected chi connectivity index (χ3v) is 7.77. The Hall–Kier alpha value is -3.85. The first kappa shape index (κ1) is 27.7. The van der Waals surface area contributed by atoms with Gasteiger partial charge in [0.05, 0.1) is 22.7 Å². The lowest BCUT2D eigenvalue weighted by molar-refractivity contribution is -0.123. The van der Waals surface area contributed by atoms with Crippen LogP contribution in [0.3, 0.4) is 0 Å². The van der Waals surface area contributed by atoms with Crippen LogP contribution in [-0.4, -0.2) is 46.8 Å². The Balaban J connectivity index is 1.80. The lowest BCUT2D eigenvalue weighted by Gasteiger charge is -2.31. The number of nitrogens with zero attached hydrogens (tertiary/aromatic N) is 1. The molecule has 0 aliphatic carbocycles. The van der Waals surface area contributed by atoms with Crippen LogP contribution in [-0.2, 0) is 26.0 Å². The van der Waals surface area contributed by atoms with Crippen molar-refractivity contribution in [3.05, 3.63) is 83.9 Å². The van der Waals surface area contributed by atoms with Crippen LogP contribution >= 0.6 is 0 Å². The van der Waals surface area contributed by atoms with Gasteiger partial charge in [0.15, 0.2) is 0 Å². The Morgan fingerprint density at radius 2 is 1.68 bits per heavy atom. The summed E-state index contributed by atoms with van der Waals surface area (Å²) in [6.07, 6.45) is 0.807. The number of hydrogen-bond donors (Lipinski definition) is 3. The van der Waals surface area contributed by atoms with Crippen LogP contribution in [0.4, 0.5) is 17.1 Å². The molecule has 8 nitrogen and oxygen atoms in total. The molecule has 0 fully saturated rings. The highest BCUT2D eigenvalue weighted by Gasteiger charge is 2.34. The van der Waals surface area contributed by atoms with Gasteiger partial charge in [0.25, 0.3) is 10.0 Å². The lowest BCUT2D eigenvalue weighted by Crippen LogP contribution is -2.45. The molecule has 1 amide bonds. The fraction of sp³-hybridized carbons (Fsp3) is 0.286. The fourth-order valence-electron chi connectivity index (χ4n) is 3.98. The molecule has 3 aromatic carbocycles. The predicted molar refractivity (Wildman–Crippen MR) is 149 cm³/mol. The van der Waals surface area contributed by atoms with Crippen molar-refractivity contribution in [1.82, 2.24) is 5.32 Å². The van der Waals surface area contributed by atoms with E-state index >= 15 is 0 Å². The Labute approximate surface area is 219 Å². The number of para-hydroxylation sites is 2. The molecule has 0 radical (unpaired) electrons. The van der Waals surface area contributed by atoms with Crippen molar-refractivity contribution in [2.45, 2.75) is 37.6 Å². The summed E-state index contributed by atoms with van der Waals surface area (Å²) in [5.41, 5.74) is 3.80. The number of aryl methyl sites for hydroxylation is 1. The molecule has 0 aliphatic heterocycles. The van der Waals surface area contributed by atoms with E-state index in [1.807, 2.05) is 38.1 Å². The van der Waals surface area contributed by atoms with E-state index in [0.29, 0.717) is 24.9 Å². The Morgan fingerprint density at radius 3 is 2.30 bits per heavy atom. The van der Waals surface area contributed by atoms with Crippen molar-refractivity contribution in [1.29, 1.82) is 0 Å². The van der Waals surface area contributed by atoms with E-state index in [1.54, 1.807) is 43.4 Å². The third-order valence-electron chi connectivity index (χ3n) is 5.91. The van der Waals surface area contributed by atoms with Gasteiger partial charge in [-0.1, -0.05) is 42.0 Å². The average Bonchev–Trinajstić information content (AvgIpc) is 2.90. The van der Waals surface area contributed by atoms with Crippen LogP contribution in [0.2, 0.25) is 0 Å². The molecule has 0 saturated carbocycles. The number of aldehydes is 1. The van der Waals surface area contributed by atoms with E-state index in [1.165, 1.54) is 12.1 Å². The molecule has 0 aliphatic rings. The summed E-state index contributed by atoms with van der Waals surface area (Å²) < 4.78 is 28.6. The topological polar surface area (TPSA) is 108 Å². The van der Waals surface area contributed by atoms with Crippen LogP contribution in [0.25, 0.3) is 0 Å². The van der Waals surface area contributed by atoms with Gasteiger partial charge in [-0.3, -0.25) is 9.10 Å². The number of carbonyl (C=O) groups is 2. The van der Waals surface area contributed by atoms with Gasteiger partial charge in [-0.2, -0.15) is 0 Å². The molecule has 0 aromatic heterocycles. The molecular formula is C28H34N4O4S. The van der Waals surface area contributed by atoms with E-state index in [9.17, 15) is 18.0 Å². The molecule has 0 bridgehead atoms. The van der Waals surface area contributed by atoms with Crippen molar-refractivity contribution in [3.8, 4) is 0 Å². The molecule has 196 valence electrons. The highest BCUT2D eigenvalue weighted by atomic mass is 32.2. The van der Waals surface area contributed by atoms with Crippen LogP contribution in [0, 0.1) is 6.92 Å². The fourth-order valence-corrected chi connectivity index (χ4v) is 5.58. The zero-order valence-corrected chi connectivity index (χ0v) is 22.2. The third kappa shape index (κ3) is 7.10. The normalized spacial score (nSPS) is 11.9. The summed E-state index contributed by atoms with van der Waals surface area (Å²) in [7, 11) is -2.49. The highest BCUT2D eigenvalue weighted by molar-refractivity contribution is 7.93. The van der Waals surface area contributed by atoms with Crippen LogP contribution in [0.15, 0.2) is 77.7 Å². The smallest absolute Gasteiger partial charge is 0.265 e. The van der Waals surface area contributed by atoms with Gasteiger partial charge in [0.2, 0.25) is 5.91 Å². The standard InChI is InChI=1S/C28H34N4O4S/c1-4-30-23-13-11-22(12-14-23)17-18-31-28(34)19-24(20-33)32(27-8-6-5-7-26(27)29-3)37(35,36)25-15-9-21(2)10-16-25/h5-16,20,24,29-30H,4,17-19H2,1-3H3,(H,31,34). The maximum Gasteiger partial charge on any atom is 0.265 e. The molecule has 9 heteroatoms. The van der Waals surface area contributed by atoms with E-state index in [2.05, 4.69) is 16.0 Å². The molecule has 0 heterocycles. The largest absolute Gasteiger partial charge is 0.386 e. The highest BCUT2D eigenvalue weighted by Crippen LogP contribution is 2.33. The van der Waals surface area contributed by atoms with Gasteiger partial charge in [-0.15, -0.1) is 0 Å². The minimum Gasteiger partial charge on any atom is -0.386 e. The number of sulfonamides is 1. The molecule has 1 atom stereocenters. The minimum absolute atomic E-state index is 0.0391. The van der Waals surface area contributed by atoms with Crippen molar-refractivity contribution >= 4 is 39.3 Å². The lowest BCUT2D eigenvalue weighted by atomic mass is 10.1. The summed E-state index contributed by atoms with van der Waals surface area (Å²) in [4.78, 5) is 25.1. The summed E-state index contributed by atoms with van der Waals surface area (Å²) in [6.45, 7) is 5.09. The monoisotopic (exact) mass is 522 g/mol. The summed E-state index contributed by atoms with van der Waals surface area (Å²) >= 11 is 0. The number of nitrogens with one attached hydrogen (secondary N) is 3. The number of carbonyl (C=O) groups excluding carboxylic acids is 2. The summed E-state index contributed by atoms with van der Waals surface area (Å²) in [5, 5.41) is 9.03. The summed E-state index contributed by atoms with van der Waals surface area (Å²) in [5.74, 6) is -0.410.